The van der Waals surface area contributed by atoms with Gasteiger partial charge < -0.3 is 10.3 Å². The number of aryl methyl sites for hydroxylation is 1. The minimum atomic E-state index is -0.216. The van der Waals surface area contributed by atoms with Gasteiger partial charge in [0.15, 0.2) is 0 Å². The molecule has 0 radical (unpaired) electrons. The van der Waals surface area contributed by atoms with Crippen LogP contribution in [0.25, 0.3) is 0 Å². The van der Waals surface area contributed by atoms with Crippen LogP contribution in [0.15, 0.2) is 47.4 Å². The molecule has 0 bridgehead atoms. The lowest BCUT2D eigenvalue weighted by molar-refractivity contribution is 0.0934. The van der Waals surface area contributed by atoms with Crippen molar-refractivity contribution in [2.45, 2.75) is 26.8 Å². The monoisotopic (exact) mass is 327 g/mol. The summed E-state index contributed by atoms with van der Waals surface area (Å²) in [6, 6.07) is 11.4. The molecule has 1 aromatic carbocycles. The smallest absolute Gasteiger partial charge is 0.252 e. The molecule has 5 nitrogen and oxygen atoms in total. The highest BCUT2D eigenvalue weighted by atomic mass is 16.1. The van der Waals surface area contributed by atoms with E-state index in [9.17, 15) is 9.59 Å². The van der Waals surface area contributed by atoms with Gasteiger partial charge >= 0.3 is 0 Å². The molecule has 2 aromatic rings. The highest BCUT2D eigenvalue weighted by molar-refractivity contribution is 5.93. The molecule has 2 N–H and O–H groups in total. The summed E-state index contributed by atoms with van der Waals surface area (Å²) < 4.78 is 0. The topological polar surface area (TPSA) is 65.2 Å². The second-order valence-electron chi connectivity index (χ2n) is 5.80. The van der Waals surface area contributed by atoms with Gasteiger partial charge in [-0.05, 0) is 31.6 Å². The van der Waals surface area contributed by atoms with Crippen molar-refractivity contribution in [1.29, 1.82) is 0 Å². The zero-order chi connectivity index (χ0) is 17.5. The van der Waals surface area contributed by atoms with Crippen LogP contribution in [0.3, 0.4) is 0 Å². The number of H-pyrrole nitrogens is 1. The normalized spacial score (nSPS) is 12.2. The van der Waals surface area contributed by atoms with E-state index in [0.717, 1.165) is 13.1 Å². The summed E-state index contributed by atoms with van der Waals surface area (Å²) in [6.45, 7) is 8.63. The number of amides is 1. The number of nitrogens with one attached hydrogen (secondary N) is 2. The first-order valence-electron chi connectivity index (χ1n) is 8.32. The number of nitrogens with zero attached hydrogens (tertiary/aromatic N) is 1. The van der Waals surface area contributed by atoms with E-state index in [1.165, 1.54) is 29.5 Å². The Morgan fingerprint density at radius 3 is 2.33 bits per heavy atom. The van der Waals surface area contributed by atoms with Gasteiger partial charge in [0.2, 0.25) is 5.56 Å². The molecule has 2 rings (SSSR count). The molecule has 1 atom stereocenters. The van der Waals surface area contributed by atoms with Gasteiger partial charge in [-0.1, -0.05) is 43.7 Å². The summed E-state index contributed by atoms with van der Waals surface area (Å²) in [5, 5.41) is 2.98. The average molecular weight is 327 g/mol. The molecule has 0 saturated carbocycles. The quantitative estimate of drug-likeness (QED) is 0.821. The van der Waals surface area contributed by atoms with Crippen molar-refractivity contribution in [3.8, 4) is 0 Å². The van der Waals surface area contributed by atoms with Crippen LogP contribution >= 0.6 is 0 Å². The van der Waals surface area contributed by atoms with Gasteiger partial charge in [-0.3, -0.25) is 14.5 Å². The molecular formula is C19H25N3O2. The van der Waals surface area contributed by atoms with Crippen LogP contribution in [0.2, 0.25) is 0 Å². The van der Waals surface area contributed by atoms with Crippen LogP contribution in [0.5, 0.6) is 0 Å². The van der Waals surface area contributed by atoms with Gasteiger partial charge in [0.1, 0.15) is 0 Å². The van der Waals surface area contributed by atoms with Crippen molar-refractivity contribution in [3.63, 3.8) is 0 Å². The number of likely N-dealkylation sites (N-methyl/N-ethyl adjacent to an activating group) is 1. The lowest BCUT2D eigenvalue weighted by Gasteiger charge is -2.30. The van der Waals surface area contributed by atoms with Crippen LogP contribution in [0.4, 0.5) is 0 Å². The van der Waals surface area contributed by atoms with Crippen LogP contribution in [-0.4, -0.2) is 35.4 Å². The molecule has 0 saturated heterocycles. The minimum Gasteiger partial charge on any atom is -0.350 e. The zero-order valence-electron chi connectivity index (χ0n) is 14.5. The fourth-order valence-corrected chi connectivity index (χ4v) is 2.75. The van der Waals surface area contributed by atoms with Gasteiger partial charge in [-0.15, -0.1) is 0 Å². The maximum atomic E-state index is 12.3. The van der Waals surface area contributed by atoms with E-state index in [-0.39, 0.29) is 17.5 Å². The molecule has 1 amide bonds. The van der Waals surface area contributed by atoms with Gasteiger partial charge in [0, 0.05) is 18.8 Å². The lowest BCUT2D eigenvalue weighted by atomic mass is 10.0. The lowest BCUT2D eigenvalue weighted by Crippen LogP contribution is -2.38. The Labute approximate surface area is 142 Å². The fourth-order valence-electron chi connectivity index (χ4n) is 2.75. The third-order valence-electron chi connectivity index (χ3n) is 4.22. The van der Waals surface area contributed by atoms with Crippen LogP contribution < -0.4 is 10.9 Å². The Morgan fingerprint density at radius 1 is 1.12 bits per heavy atom. The Morgan fingerprint density at radius 2 is 1.79 bits per heavy atom. The predicted octanol–water partition coefficient (Wildman–Crippen LogP) is 2.50. The van der Waals surface area contributed by atoms with E-state index in [4.69, 9.17) is 0 Å². The van der Waals surface area contributed by atoms with E-state index in [1.807, 2.05) is 0 Å². The Bertz CT molecular complexity index is 698. The van der Waals surface area contributed by atoms with Gasteiger partial charge in [-0.2, -0.15) is 0 Å². The number of carbonyl (C=O) groups excluding carboxylic acids is 1. The predicted molar refractivity (Wildman–Crippen MR) is 96.2 cm³/mol. The first kappa shape index (κ1) is 17.9. The molecule has 5 heteroatoms. The van der Waals surface area contributed by atoms with Crippen molar-refractivity contribution in [1.82, 2.24) is 15.2 Å². The maximum absolute atomic E-state index is 12.3. The second-order valence-corrected chi connectivity index (χ2v) is 5.80. The maximum Gasteiger partial charge on any atom is 0.252 e. The third-order valence-corrected chi connectivity index (χ3v) is 4.22. The second kappa shape index (κ2) is 8.45. The Balaban J connectivity index is 2.13. The van der Waals surface area contributed by atoms with E-state index in [2.05, 4.69) is 60.2 Å². The van der Waals surface area contributed by atoms with Crippen LogP contribution in [-0.2, 0) is 0 Å². The molecule has 1 unspecified atom stereocenters. The van der Waals surface area contributed by atoms with Crippen molar-refractivity contribution in [2.75, 3.05) is 19.6 Å². The van der Waals surface area contributed by atoms with Crippen LogP contribution in [0, 0.1) is 6.92 Å². The van der Waals surface area contributed by atoms with Crippen molar-refractivity contribution >= 4 is 5.91 Å². The minimum absolute atomic E-state index is 0.118. The molecule has 0 fully saturated rings. The molecule has 0 spiro atoms. The first-order chi connectivity index (χ1) is 11.5. The van der Waals surface area contributed by atoms with E-state index < -0.39 is 0 Å². The van der Waals surface area contributed by atoms with E-state index in [1.54, 1.807) is 0 Å². The number of carbonyl (C=O) groups is 1. The average Bonchev–Trinajstić information content (AvgIpc) is 2.60. The summed E-state index contributed by atoms with van der Waals surface area (Å²) >= 11 is 0. The summed E-state index contributed by atoms with van der Waals surface area (Å²) in [5.41, 5.74) is 2.64. The number of rotatable bonds is 7. The number of pyridine rings is 1. The summed E-state index contributed by atoms with van der Waals surface area (Å²) in [5.74, 6) is -0.185. The molecule has 0 aliphatic heterocycles. The summed E-state index contributed by atoms with van der Waals surface area (Å²) in [7, 11) is 0. The third kappa shape index (κ3) is 4.55. The largest absolute Gasteiger partial charge is 0.350 e. The fraction of sp³-hybridized carbons (Fsp3) is 0.368. The van der Waals surface area contributed by atoms with Crippen molar-refractivity contribution in [2.24, 2.45) is 0 Å². The number of aromatic nitrogens is 1. The molecule has 1 heterocycles. The number of hydrogen-bond acceptors (Lipinski definition) is 3. The van der Waals surface area contributed by atoms with E-state index >= 15 is 0 Å². The molecular weight excluding hydrogens is 302 g/mol. The highest BCUT2D eigenvalue weighted by Gasteiger charge is 2.19. The Hall–Kier alpha value is -2.40. The summed E-state index contributed by atoms with van der Waals surface area (Å²) in [6.07, 6.45) is 1.44. The standard InChI is InChI=1S/C19H25N3O2/c1-4-22(5-2)17(15-8-6-14(3)7-9-15)13-21-19(24)16-10-11-18(23)20-12-16/h6-12,17H,4-5,13H2,1-3H3,(H,20,23)(H,21,24). The highest BCUT2D eigenvalue weighted by Crippen LogP contribution is 2.20. The van der Waals surface area contributed by atoms with E-state index in [0.29, 0.717) is 12.1 Å². The number of hydrogen-bond donors (Lipinski definition) is 2. The SMILES string of the molecule is CCN(CC)C(CNC(=O)c1ccc(=O)[nH]c1)c1ccc(C)cc1. The van der Waals surface area contributed by atoms with Gasteiger partial charge in [-0.25, -0.2) is 0 Å². The molecule has 128 valence electrons. The molecule has 1 aromatic heterocycles. The molecule has 24 heavy (non-hydrogen) atoms. The Kier molecular flexibility index (Phi) is 6.32. The van der Waals surface area contributed by atoms with Gasteiger partial charge in [0.25, 0.3) is 5.91 Å². The first-order valence-corrected chi connectivity index (χ1v) is 8.32. The van der Waals surface area contributed by atoms with Crippen LogP contribution in [0.1, 0.15) is 41.4 Å². The number of benzene rings is 1. The molecule has 0 aliphatic carbocycles. The molecule has 0 aliphatic rings. The van der Waals surface area contributed by atoms with Crippen molar-refractivity contribution in [3.05, 3.63) is 69.6 Å². The van der Waals surface area contributed by atoms with Crippen molar-refractivity contribution < 1.29 is 4.79 Å². The number of aromatic amines is 1. The van der Waals surface area contributed by atoms with Gasteiger partial charge in [0.05, 0.1) is 11.6 Å². The zero-order valence-corrected chi connectivity index (χ0v) is 14.5. The summed E-state index contributed by atoms with van der Waals surface area (Å²) in [4.78, 5) is 28.2.